The summed E-state index contributed by atoms with van der Waals surface area (Å²) < 4.78 is 16.1. The van der Waals surface area contributed by atoms with Crippen LogP contribution >= 0.6 is 0 Å². The van der Waals surface area contributed by atoms with Gasteiger partial charge in [0.05, 0.1) is 6.54 Å². The van der Waals surface area contributed by atoms with E-state index >= 15 is 0 Å². The molecular formula is C15H15FN4O. The summed E-state index contributed by atoms with van der Waals surface area (Å²) >= 11 is 0. The average Bonchev–Trinajstić information content (AvgIpc) is 2.80. The van der Waals surface area contributed by atoms with Gasteiger partial charge in [0.15, 0.2) is 5.65 Å². The van der Waals surface area contributed by atoms with Crippen molar-refractivity contribution in [2.45, 2.75) is 13.5 Å². The third kappa shape index (κ3) is 2.65. The monoisotopic (exact) mass is 286 g/mol. The number of halogens is 1. The summed E-state index contributed by atoms with van der Waals surface area (Å²) in [6.07, 6.45) is 1.69. The predicted octanol–water partition coefficient (Wildman–Crippen LogP) is 2.06. The molecule has 3 aromatic rings. The van der Waals surface area contributed by atoms with Gasteiger partial charge in [-0.05, 0) is 36.8 Å². The molecule has 2 aromatic heterocycles. The number of anilines is 1. The molecule has 3 rings (SSSR count). The Balaban J connectivity index is 1.74. The van der Waals surface area contributed by atoms with Gasteiger partial charge in [-0.3, -0.25) is 4.40 Å². The standard InChI is InChI=1S/C15H15FN4O/c1-11-5-6-12(16)10-13(11)17-7-9-20-15(21)19-8-3-2-4-14(19)18-20/h2-6,8,10,17H,7,9H2,1H3. The molecule has 0 radical (unpaired) electrons. The fourth-order valence-electron chi connectivity index (χ4n) is 2.19. The fourth-order valence-corrected chi connectivity index (χ4v) is 2.19. The highest BCUT2D eigenvalue weighted by Gasteiger charge is 2.05. The number of hydrogen-bond acceptors (Lipinski definition) is 3. The maximum Gasteiger partial charge on any atom is 0.350 e. The predicted molar refractivity (Wildman–Crippen MR) is 79.1 cm³/mol. The maximum atomic E-state index is 13.2. The number of benzene rings is 1. The van der Waals surface area contributed by atoms with Gasteiger partial charge in [0.25, 0.3) is 0 Å². The normalized spacial score (nSPS) is 11.0. The lowest BCUT2D eigenvalue weighted by Crippen LogP contribution is -2.24. The lowest BCUT2D eigenvalue weighted by molar-refractivity contribution is 0.612. The molecule has 0 saturated carbocycles. The molecule has 0 atom stereocenters. The molecule has 5 nitrogen and oxygen atoms in total. The Morgan fingerprint density at radius 2 is 2.14 bits per heavy atom. The van der Waals surface area contributed by atoms with E-state index in [4.69, 9.17) is 0 Å². The van der Waals surface area contributed by atoms with E-state index < -0.39 is 0 Å². The molecule has 0 saturated heterocycles. The summed E-state index contributed by atoms with van der Waals surface area (Å²) in [4.78, 5) is 12.1. The molecule has 1 aromatic carbocycles. The van der Waals surface area contributed by atoms with Crippen LogP contribution in [-0.4, -0.2) is 20.7 Å². The molecule has 21 heavy (non-hydrogen) atoms. The molecule has 0 aliphatic carbocycles. The largest absolute Gasteiger partial charge is 0.383 e. The van der Waals surface area contributed by atoms with Gasteiger partial charge in [-0.25, -0.2) is 13.9 Å². The molecule has 0 spiro atoms. The van der Waals surface area contributed by atoms with E-state index in [-0.39, 0.29) is 11.5 Å². The first-order valence-electron chi connectivity index (χ1n) is 6.69. The molecule has 1 N–H and O–H groups in total. The minimum absolute atomic E-state index is 0.177. The quantitative estimate of drug-likeness (QED) is 0.798. The highest BCUT2D eigenvalue weighted by molar-refractivity contribution is 5.50. The summed E-state index contributed by atoms with van der Waals surface area (Å²) in [6, 6.07) is 9.99. The molecule has 0 aliphatic heterocycles. The second-order valence-corrected chi connectivity index (χ2v) is 4.82. The minimum atomic E-state index is -0.284. The average molecular weight is 286 g/mol. The molecule has 0 fully saturated rings. The summed E-state index contributed by atoms with van der Waals surface area (Å²) in [5.41, 5.74) is 2.12. The maximum absolute atomic E-state index is 13.2. The van der Waals surface area contributed by atoms with E-state index in [1.807, 2.05) is 13.0 Å². The molecular weight excluding hydrogens is 271 g/mol. The Hall–Kier alpha value is -2.63. The van der Waals surface area contributed by atoms with Crippen molar-refractivity contribution < 1.29 is 4.39 Å². The van der Waals surface area contributed by atoms with Crippen LogP contribution in [0.15, 0.2) is 47.4 Å². The second-order valence-electron chi connectivity index (χ2n) is 4.82. The van der Waals surface area contributed by atoms with Crippen LogP contribution in [0.4, 0.5) is 10.1 Å². The van der Waals surface area contributed by atoms with Crippen LogP contribution in [0.25, 0.3) is 5.65 Å². The number of fused-ring (bicyclic) bond motifs is 1. The summed E-state index contributed by atoms with van der Waals surface area (Å²) in [6.45, 7) is 2.81. The van der Waals surface area contributed by atoms with E-state index in [0.717, 1.165) is 11.3 Å². The summed E-state index contributed by atoms with van der Waals surface area (Å²) in [7, 11) is 0. The number of aromatic nitrogens is 3. The van der Waals surface area contributed by atoms with Crippen LogP contribution in [0.2, 0.25) is 0 Å². The van der Waals surface area contributed by atoms with Gasteiger partial charge in [0.2, 0.25) is 0 Å². The van der Waals surface area contributed by atoms with Crippen molar-refractivity contribution in [3.05, 3.63) is 64.5 Å². The first kappa shape index (κ1) is 13.4. The van der Waals surface area contributed by atoms with Gasteiger partial charge in [-0.15, -0.1) is 5.10 Å². The number of nitrogens with zero attached hydrogens (tertiary/aromatic N) is 3. The van der Waals surface area contributed by atoms with Crippen molar-refractivity contribution in [2.75, 3.05) is 11.9 Å². The van der Waals surface area contributed by atoms with Crippen LogP contribution < -0.4 is 11.0 Å². The van der Waals surface area contributed by atoms with Gasteiger partial charge in [0, 0.05) is 18.4 Å². The molecule has 2 heterocycles. The van der Waals surface area contributed by atoms with Crippen LogP contribution in [0.1, 0.15) is 5.56 Å². The van der Waals surface area contributed by atoms with E-state index in [2.05, 4.69) is 10.4 Å². The highest BCUT2D eigenvalue weighted by Crippen LogP contribution is 2.15. The number of nitrogens with one attached hydrogen (secondary N) is 1. The van der Waals surface area contributed by atoms with Crippen LogP contribution in [0.3, 0.4) is 0 Å². The van der Waals surface area contributed by atoms with Crippen molar-refractivity contribution >= 4 is 11.3 Å². The lowest BCUT2D eigenvalue weighted by Gasteiger charge is -2.09. The third-order valence-corrected chi connectivity index (χ3v) is 3.33. The Kier molecular flexibility index (Phi) is 3.43. The van der Waals surface area contributed by atoms with Crippen molar-refractivity contribution in [1.82, 2.24) is 14.2 Å². The summed E-state index contributed by atoms with van der Waals surface area (Å²) in [5.74, 6) is -0.284. The molecule has 6 heteroatoms. The highest BCUT2D eigenvalue weighted by atomic mass is 19.1. The minimum Gasteiger partial charge on any atom is -0.383 e. The summed E-state index contributed by atoms with van der Waals surface area (Å²) in [5, 5.41) is 7.36. The number of rotatable bonds is 4. The zero-order chi connectivity index (χ0) is 14.8. The Morgan fingerprint density at radius 3 is 2.95 bits per heavy atom. The number of aryl methyl sites for hydroxylation is 1. The first-order chi connectivity index (χ1) is 10.1. The molecule has 0 bridgehead atoms. The van der Waals surface area contributed by atoms with Crippen molar-refractivity contribution in [3.8, 4) is 0 Å². The smallest absolute Gasteiger partial charge is 0.350 e. The number of hydrogen-bond donors (Lipinski definition) is 1. The van der Waals surface area contributed by atoms with E-state index in [0.29, 0.717) is 18.7 Å². The SMILES string of the molecule is Cc1ccc(F)cc1NCCn1nc2ccccn2c1=O. The van der Waals surface area contributed by atoms with Gasteiger partial charge < -0.3 is 5.32 Å². The zero-order valence-corrected chi connectivity index (χ0v) is 11.6. The Bertz CT molecular complexity index is 837. The van der Waals surface area contributed by atoms with Gasteiger partial charge >= 0.3 is 5.69 Å². The van der Waals surface area contributed by atoms with E-state index in [1.54, 1.807) is 24.4 Å². The van der Waals surface area contributed by atoms with Crippen molar-refractivity contribution in [1.29, 1.82) is 0 Å². The zero-order valence-electron chi connectivity index (χ0n) is 11.6. The first-order valence-corrected chi connectivity index (χ1v) is 6.69. The molecule has 108 valence electrons. The molecule has 0 unspecified atom stereocenters. The van der Waals surface area contributed by atoms with E-state index in [1.165, 1.54) is 21.2 Å². The van der Waals surface area contributed by atoms with Gasteiger partial charge in [0.1, 0.15) is 5.82 Å². The third-order valence-electron chi connectivity index (χ3n) is 3.33. The van der Waals surface area contributed by atoms with Gasteiger partial charge in [-0.2, -0.15) is 0 Å². The second kappa shape index (κ2) is 5.40. The van der Waals surface area contributed by atoms with E-state index in [9.17, 15) is 9.18 Å². The van der Waals surface area contributed by atoms with Crippen molar-refractivity contribution in [2.24, 2.45) is 0 Å². The Labute approximate surface area is 120 Å². The van der Waals surface area contributed by atoms with Gasteiger partial charge in [-0.1, -0.05) is 12.1 Å². The molecule has 0 amide bonds. The van der Waals surface area contributed by atoms with Crippen LogP contribution in [0.5, 0.6) is 0 Å². The van der Waals surface area contributed by atoms with Crippen molar-refractivity contribution in [3.63, 3.8) is 0 Å². The van der Waals surface area contributed by atoms with Crippen LogP contribution in [0, 0.1) is 12.7 Å². The molecule has 0 aliphatic rings. The number of pyridine rings is 1. The van der Waals surface area contributed by atoms with Crippen LogP contribution in [-0.2, 0) is 6.54 Å². The topological polar surface area (TPSA) is 51.3 Å². The lowest BCUT2D eigenvalue weighted by atomic mass is 10.2. The fraction of sp³-hybridized carbons (Fsp3) is 0.200. The Morgan fingerprint density at radius 1 is 1.29 bits per heavy atom.